The molecule has 5 heteroatoms. The third kappa shape index (κ3) is 3.79. The molecule has 0 N–H and O–H groups in total. The number of fused-ring (bicyclic) bond motifs is 1. The van der Waals surface area contributed by atoms with Crippen LogP contribution in [0.5, 0.6) is 0 Å². The lowest BCUT2D eigenvalue weighted by atomic mass is 10.0. The Hall–Kier alpha value is -2.27. The average molecular weight is 325 g/mol. The first kappa shape index (κ1) is 16.6. The zero-order valence-corrected chi connectivity index (χ0v) is 14.3. The summed E-state index contributed by atoms with van der Waals surface area (Å²) in [7, 11) is 1.41. The summed E-state index contributed by atoms with van der Waals surface area (Å²) < 4.78 is 4.79. The first-order valence-corrected chi connectivity index (χ1v) is 8.43. The topological polar surface area (TPSA) is 55.3 Å². The second-order valence-electron chi connectivity index (χ2n) is 6.16. The summed E-state index contributed by atoms with van der Waals surface area (Å²) in [6.45, 7) is 4.75. The van der Waals surface area contributed by atoms with Gasteiger partial charge in [-0.2, -0.15) is 0 Å². The molecule has 126 valence electrons. The van der Waals surface area contributed by atoms with Gasteiger partial charge in [0, 0.05) is 32.3 Å². The molecule has 2 heterocycles. The van der Waals surface area contributed by atoms with E-state index in [4.69, 9.17) is 9.72 Å². The van der Waals surface area contributed by atoms with E-state index < -0.39 is 0 Å². The van der Waals surface area contributed by atoms with Gasteiger partial charge in [0.25, 0.3) is 0 Å². The normalized spacial score (nSPS) is 14.2. The minimum Gasteiger partial charge on any atom is -0.465 e. The summed E-state index contributed by atoms with van der Waals surface area (Å²) in [5.74, 6) is 0.642. The highest BCUT2D eigenvalue weighted by Crippen LogP contribution is 2.19. The molecule has 1 aromatic carbocycles. The summed E-state index contributed by atoms with van der Waals surface area (Å²) >= 11 is 0. The van der Waals surface area contributed by atoms with E-state index in [0.29, 0.717) is 5.56 Å². The summed E-state index contributed by atoms with van der Waals surface area (Å²) in [4.78, 5) is 23.2. The Kier molecular flexibility index (Phi) is 5.20. The highest BCUT2D eigenvalue weighted by Gasteiger charge is 2.19. The molecule has 0 bridgehead atoms. The number of aryl methyl sites for hydroxylation is 1. The van der Waals surface area contributed by atoms with Crippen molar-refractivity contribution in [2.75, 3.05) is 13.7 Å². The number of carbonyl (C=O) groups is 1. The van der Waals surface area contributed by atoms with E-state index in [0.717, 1.165) is 56.0 Å². The zero-order chi connectivity index (χ0) is 16.9. The van der Waals surface area contributed by atoms with Gasteiger partial charge in [0.2, 0.25) is 0 Å². The number of ether oxygens (including phenoxy) is 1. The van der Waals surface area contributed by atoms with Crippen molar-refractivity contribution >= 4 is 5.97 Å². The summed E-state index contributed by atoms with van der Waals surface area (Å²) in [6.07, 6.45) is 4.94. The van der Waals surface area contributed by atoms with Crippen LogP contribution in [-0.4, -0.2) is 34.5 Å². The largest absolute Gasteiger partial charge is 0.465 e. The maximum Gasteiger partial charge on any atom is 0.337 e. The molecule has 0 unspecified atom stereocenters. The average Bonchev–Trinajstić information content (AvgIpc) is 2.61. The van der Waals surface area contributed by atoms with Crippen molar-refractivity contribution in [3.63, 3.8) is 0 Å². The van der Waals surface area contributed by atoms with Crippen LogP contribution in [0.4, 0.5) is 0 Å². The van der Waals surface area contributed by atoms with E-state index in [-0.39, 0.29) is 5.97 Å². The van der Waals surface area contributed by atoms with Crippen molar-refractivity contribution in [3.8, 4) is 0 Å². The molecule has 0 radical (unpaired) electrons. The number of hydrogen-bond donors (Lipinski definition) is 0. The number of benzene rings is 1. The van der Waals surface area contributed by atoms with Crippen LogP contribution in [0.3, 0.4) is 0 Å². The minimum atomic E-state index is -0.294. The molecule has 0 saturated heterocycles. The molecule has 0 aliphatic carbocycles. The van der Waals surface area contributed by atoms with E-state index in [1.54, 1.807) is 6.07 Å². The molecule has 5 nitrogen and oxygen atoms in total. The van der Waals surface area contributed by atoms with Gasteiger partial charge in [0.05, 0.1) is 18.4 Å². The second kappa shape index (κ2) is 7.53. The predicted octanol–water partition coefficient (Wildman–Crippen LogP) is 2.77. The van der Waals surface area contributed by atoms with E-state index in [1.807, 2.05) is 24.4 Å². The fourth-order valence-corrected chi connectivity index (χ4v) is 3.05. The highest BCUT2D eigenvalue weighted by atomic mass is 16.5. The lowest BCUT2D eigenvalue weighted by Crippen LogP contribution is -2.31. The van der Waals surface area contributed by atoms with Gasteiger partial charge in [-0.05, 0) is 36.1 Å². The molecule has 1 aliphatic rings. The number of carbonyl (C=O) groups excluding carboxylic acids is 1. The number of nitrogens with zero attached hydrogens (tertiary/aromatic N) is 3. The van der Waals surface area contributed by atoms with Crippen molar-refractivity contribution < 1.29 is 9.53 Å². The first-order chi connectivity index (χ1) is 11.7. The van der Waals surface area contributed by atoms with Crippen LogP contribution >= 0.6 is 0 Å². The predicted molar refractivity (Wildman–Crippen MR) is 91.6 cm³/mol. The van der Waals surface area contributed by atoms with Crippen LogP contribution < -0.4 is 0 Å². The molecular formula is C19H23N3O2. The Bertz CT molecular complexity index is 730. The number of methoxy groups -OCH3 is 1. The van der Waals surface area contributed by atoms with Gasteiger partial charge in [-0.15, -0.1) is 0 Å². The SMILES string of the molecule is CCCc1ncc2c(n1)CN(Cc1cccc(C(=O)OC)c1)CC2. The Balaban J connectivity index is 1.71. The van der Waals surface area contributed by atoms with Gasteiger partial charge in [-0.1, -0.05) is 19.1 Å². The standard InChI is InChI=1S/C19H23N3O2/c1-3-5-18-20-11-16-8-9-22(13-17(16)21-18)12-14-6-4-7-15(10-14)19(23)24-2/h4,6-7,10-11H,3,5,8-9,12-13H2,1-2H3. The van der Waals surface area contributed by atoms with E-state index in [2.05, 4.69) is 16.8 Å². The number of aromatic nitrogens is 2. The molecule has 0 atom stereocenters. The molecule has 3 rings (SSSR count). The van der Waals surface area contributed by atoms with E-state index >= 15 is 0 Å². The third-order valence-corrected chi connectivity index (χ3v) is 4.30. The van der Waals surface area contributed by atoms with Crippen LogP contribution in [-0.2, 0) is 30.7 Å². The van der Waals surface area contributed by atoms with Gasteiger partial charge >= 0.3 is 5.97 Å². The van der Waals surface area contributed by atoms with Crippen LogP contribution in [0.15, 0.2) is 30.5 Å². The third-order valence-electron chi connectivity index (χ3n) is 4.30. The number of hydrogen-bond acceptors (Lipinski definition) is 5. The van der Waals surface area contributed by atoms with Gasteiger partial charge in [-0.25, -0.2) is 14.8 Å². The molecule has 0 fully saturated rings. The maximum atomic E-state index is 11.7. The molecule has 24 heavy (non-hydrogen) atoms. The molecule has 2 aromatic rings. The molecule has 0 spiro atoms. The minimum absolute atomic E-state index is 0.294. The molecule has 0 saturated carbocycles. The van der Waals surface area contributed by atoms with Crippen molar-refractivity contribution in [1.82, 2.24) is 14.9 Å². The fraction of sp³-hybridized carbons (Fsp3) is 0.421. The van der Waals surface area contributed by atoms with Gasteiger partial charge < -0.3 is 4.74 Å². The van der Waals surface area contributed by atoms with Crippen LogP contribution in [0, 0.1) is 0 Å². The van der Waals surface area contributed by atoms with Crippen molar-refractivity contribution in [3.05, 3.63) is 58.7 Å². The second-order valence-corrected chi connectivity index (χ2v) is 6.16. The highest BCUT2D eigenvalue weighted by molar-refractivity contribution is 5.89. The molecule has 1 aromatic heterocycles. The lowest BCUT2D eigenvalue weighted by Gasteiger charge is -2.28. The number of esters is 1. The first-order valence-electron chi connectivity index (χ1n) is 8.43. The Morgan fingerprint density at radius 1 is 1.38 bits per heavy atom. The van der Waals surface area contributed by atoms with Gasteiger partial charge in [-0.3, -0.25) is 4.90 Å². The molecule has 0 amide bonds. The lowest BCUT2D eigenvalue weighted by molar-refractivity contribution is 0.0600. The summed E-state index contributed by atoms with van der Waals surface area (Å²) in [6, 6.07) is 7.64. The zero-order valence-electron chi connectivity index (χ0n) is 14.3. The van der Waals surface area contributed by atoms with Gasteiger partial charge in [0.15, 0.2) is 0 Å². The number of rotatable bonds is 5. The van der Waals surface area contributed by atoms with E-state index in [1.165, 1.54) is 12.7 Å². The van der Waals surface area contributed by atoms with Crippen LogP contribution in [0.1, 0.15) is 46.3 Å². The fourth-order valence-electron chi connectivity index (χ4n) is 3.05. The Morgan fingerprint density at radius 2 is 2.25 bits per heavy atom. The van der Waals surface area contributed by atoms with Crippen molar-refractivity contribution in [1.29, 1.82) is 0 Å². The smallest absolute Gasteiger partial charge is 0.337 e. The van der Waals surface area contributed by atoms with E-state index in [9.17, 15) is 4.79 Å². The monoisotopic (exact) mass is 325 g/mol. The van der Waals surface area contributed by atoms with Crippen LogP contribution in [0.2, 0.25) is 0 Å². The Morgan fingerprint density at radius 3 is 3.04 bits per heavy atom. The Labute approximate surface area is 142 Å². The van der Waals surface area contributed by atoms with Crippen molar-refractivity contribution in [2.24, 2.45) is 0 Å². The quantitative estimate of drug-likeness (QED) is 0.791. The maximum absolute atomic E-state index is 11.7. The van der Waals surface area contributed by atoms with Crippen LogP contribution in [0.25, 0.3) is 0 Å². The summed E-state index contributed by atoms with van der Waals surface area (Å²) in [5, 5.41) is 0. The van der Waals surface area contributed by atoms with Gasteiger partial charge in [0.1, 0.15) is 5.82 Å². The summed E-state index contributed by atoms with van der Waals surface area (Å²) in [5.41, 5.74) is 4.11. The molecular weight excluding hydrogens is 302 g/mol. The van der Waals surface area contributed by atoms with Crippen molar-refractivity contribution in [2.45, 2.75) is 39.3 Å². The molecule has 1 aliphatic heterocycles.